The molecule has 1 aromatic heterocycles. The van der Waals surface area contributed by atoms with Crippen molar-refractivity contribution < 1.29 is 9.18 Å². The van der Waals surface area contributed by atoms with Gasteiger partial charge in [0.1, 0.15) is 11.5 Å². The minimum atomic E-state index is -0.305. The number of rotatable bonds is 4. The van der Waals surface area contributed by atoms with Crippen molar-refractivity contribution in [1.82, 2.24) is 15.5 Å². The average Bonchev–Trinajstić information content (AvgIpc) is 3.05. The van der Waals surface area contributed by atoms with Crippen LogP contribution < -0.4 is 5.32 Å². The molecule has 0 aliphatic rings. The highest BCUT2D eigenvalue weighted by Crippen LogP contribution is 2.18. The van der Waals surface area contributed by atoms with Gasteiger partial charge in [-0.15, -0.1) is 0 Å². The van der Waals surface area contributed by atoms with Crippen molar-refractivity contribution in [1.29, 1.82) is 0 Å². The summed E-state index contributed by atoms with van der Waals surface area (Å²) in [4.78, 5) is 12.1. The average molecular weight is 309 g/mol. The summed E-state index contributed by atoms with van der Waals surface area (Å²) in [5.74, 6) is -0.535. The first-order chi connectivity index (χ1) is 11.1. The minimum absolute atomic E-state index is 0.230. The van der Waals surface area contributed by atoms with Crippen molar-refractivity contribution in [2.24, 2.45) is 0 Å². The zero-order valence-corrected chi connectivity index (χ0v) is 12.6. The van der Waals surface area contributed by atoms with Crippen LogP contribution in [0, 0.1) is 12.7 Å². The van der Waals surface area contributed by atoms with Crippen LogP contribution in [-0.4, -0.2) is 16.1 Å². The predicted molar refractivity (Wildman–Crippen MR) is 86.3 cm³/mol. The number of aryl methyl sites for hydroxylation is 1. The van der Waals surface area contributed by atoms with Crippen LogP contribution in [0.4, 0.5) is 4.39 Å². The monoisotopic (exact) mass is 309 g/mol. The first-order valence-corrected chi connectivity index (χ1v) is 7.27. The number of carbonyl (C=O) groups is 1. The Labute approximate surface area is 133 Å². The van der Waals surface area contributed by atoms with Gasteiger partial charge >= 0.3 is 0 Å². The molecule has 3 aromatic rings. The number of benzene rings is 2. The van der Waals surface area contributed by atoms with E-state index in [9.17, 15) is 9.18 Å². The second-order valence-electron chi connectivity index (χ2n) is 5.34. The van der Waals surface area contributed by atoms with Crippen LogP contribution in [0.25, 0.3) is 11.3 Å². The molecule has 116 valence electrons. The molecule has 0 aliphatic carbocycles. The van der Waals surface area contributed by atoms with E-state index in [-0.39, 0.29) is 11.7 Å². The lowest BCUT2D eigenvalue weighted by molar-refractivity contribution is 0.0946. The first-order valence-electron chi connectivity index (χ1n) is 7.27. The second-order valence-corrected chi connectivity index (χ2v) is 5.34. The number of aromatic amines is 1. The van der Waals surface area contributed by atoms with Crippen LogP contribution in [0.1, 0.15) is 21.6 Å². The lowest BCUT2D eigenvalue weighted by atomic mass is 10.1. The zero-order chi connectivity index (χ0) is 16.2. The summed E-state index contributed by atoms with van der Waals surface area (Å²) in [6, 6.07) is 15.6. The molecule has 5 heteroatoms. The third kappa shape index (κ3) is 3.63. The van der Waals surface area contributed by atoms with E-state index in [1.165, 1.54) is 17.7 Å². The molecule has 0 spiro atoms. The van der Waals surface area contributed by atoms with Crippen molar-refractivity contribution >= 4 is 5.91 Å². The summed E-state index contributed by atoms with van der Waals surface area (Å²) in [5, 5.41) is 9.64. The maximum atomic E-state index is 12.9. The van der Waals surface area contributed by atoms with Crippen LogP contribution in [-0.2, 0) is 6.54 Å². The van der Waals surface area contributed by atoms with Gasteiger partial charge in [0.05, 0.1) is 5.69 Å². The summed E-state index contributed by atoms with van der Waals surface area (Å²) in [6.07, 6.45) is 0. The molecule has 0 atom stereocenters. The lowest BCUT2D eigenvalue weighted by Crippen LogP contribution is -2.23. The molecule has 1 amide bonds. The minimum Gasteiger partial charge on any atom is -0.347 e. The normalized spacial score (nSPS) is 10.5. The van der Waals surface area contributed by atoms with Gasteiger partial charge in [-0.3, -0.25) is 9.89 Å². The highest BCUT2D eigenvalue weighted by atomic mass is 19.1. The Morgan fingerprint density at radius 3 is 2.52 bits per heavy atom. The van der Waals surface area contributed by atoms with E-state index >= 15 is 0 Å². The third-order valence-corrected chi connectivity index (χ3v) is 3.54. The number of hydrogen-bond donors (Lipinski definition) is 2. The first kappa shape index (κ1) is 15.0. The number of carbonyl (C=O) groups excluding carboxylic acids is 1. The molecule has 3 rings (SSSR count). The van der Waals surface area contributed by atoms with Crippen LogP contribution in [0.15, 0.2) is 54.6 Å². The molecule has 0 aliphatic heterocycles. The van der Waals surface area contributed by atoms with E-state index in [1.807, 2.05) is 31.2 Å². The van der Waals surface area contributed by atoms with Crippen LogP contribution >= 0.6 is 0 Å². The van der Waals surface area contributed by atoms with Gasteiger partial charge in [-0.2, -0.15) is 5.10 Å². The molecule has 0 fully saturated rings. The van der Waals surface area contributed by atoms with Gasteiger partial charge in [-0.1, -0.05) is 29.8 Å². The molecule has 0 saturated heterocycles. The number of nitrogens with zero attached hydrogens (tertiary/aromatic N) is 1. The number of halogens is 1. The molecule has 0 unspecified atom stereocenters. The Morgan fingerprint density at radius 2 is 1.83 bits per heavy atom. The highest BCUT2D eigenvalue weighted by molar-refractivity contribution is 5.93. The Balaban J connectivity index is 1.66. The Morgan fingerprint density at radius 1 is 1.13 bits per heavy atom. The Hall–Kier alpha value is -2.95. The molecule has 0 saturated carbocycles. The lowest BCUT2D eigenvalue weighted by Gasteiger charge is -2.04. The molecule has 23 heavy (non-hydrogen) atoms. The molecule has 1 heterocycles. The molecule has 4 nitrogen and oxygen atoms in total. The fourth-order valence-corrected chi connectivity index (χ4v) is 2.19. The van der Waals surface area contributed by atoms with Crippen LogP contribution in [0.5, 0.6) is 0 Å². The van der Waals surface area contributed by atoms with Gasteiger partial charge in [-0.25, -0.2) is 4.39 Å². The molecular weight excluding hydrogens is 293 g/mol. The summed E-state index contributed by atoms with van der Waals surface area (Å²) < 4.78 is 12.9. The fraction of sp³-hybridized carbons (Fsp3) is 0.111. The molecule has 2 N–H and O–H groups in total. The third-order valence-electron chi connectivity index (χ3n) is 3.54. The number of aromatic nitrogens is 2. The molecule has 0 radical (unpaired) electrons. The number of nitrogens with one attached hydrogen (secondary N) is 2. The van der Waals surface area contributed by atoms with Crippen molar-refractivity contribution in [3.8, 4) is 11.3 Å². The van der Waals surface area contributed by atoms with Crippen LogP contribution in [0.3, 0.4) is 0 Å². The highest BCUT2D eigenvalue weighted by Gasteiger charge is 2.10. The summed E-state index contributed by atoms with van der Waals surface area (Å²) in [6.45, 7) is 2.47. The number of H-pyrrole nitrogens is 1. The molecule has 0 bridgehead atoms. The van der Waals surface area contributed by atoms with E-state index in [0.29, 0.717) is 17.9 Å². The number of hydrogen-bond acceptors (Lipinski definition) is 2. The topological polar surface area (TPSA) is 57.8 Å². The summed E-state index contributed by atoms with van der Waals surface area (Å²) in [5.41, 5.74) is 3.93. The predicted octanol–water partition coefficient (Wildman–Crippen LogP) is 3.45. The largest absolute Gasteiger partial charge is 0.347 e. The van der Waals surface area contributed by atoms with Gasteiger partial charge < -0.3 is 5.32 Å². The fourth-order valence-electron chi connectivity index (χ4n) is 2.19. The Bertz CT molecular complexity index is 807. The maximum absolute atomic E-state index is 12.9. The van der Waals surface area contributed by atoms with Crippen molar-refractivity contribution in [3.05, 3.63) is 77.2 Å². The van der Waals surface area contributed by atoms with E-state index < -0.39 is 0 Å². The van der Waals surface area contributed by atoms with Crippen molar-refractivity contribution in [2.45, 2.75) is 13.5 Å². The van der Waals surface area contributed by atoms with E-state index in [4.69, 9.17) is 0 Å². The molecule has 2 aromatic carbocycles. The van der Waals surface area contributed by atoms with E-state index in [1.54, 1.807) is 18.2 Å². The Kier molecular flexibility index (Phi) is 4.19. The second kappa shape index (κ2) is 6.44. The van der Waals surface area contributed by atoms with Gasteiger partial charge in [-0.05, 0) is 42.8 Å². The van der Waals surface area contributed by atoms with Crippen LogP contribution in [0.2, 0.25) is 0 Å². The van der Waals surface area contributed by atoms with Gasteiger partial charge in [0.2, 0.25) is 0 Å². The SMILES string of the molecule is Cc1ccc(CNC(=O)c2cc(-c3ccc(F)cc3)n[nH]2)cc1. The van der Waals surface area contributed by atoms with Gasteiger partial charge in [0.25, 0.3) is 5.91 Å². The standard InChI is InChI=1S/C18H16FN3O/c1-12-2-4-13(5-3-12)11-20-18(23)17-10-16(21-22-17)14-6-8-15(19)9-7-14/h2-10H,11H2,1H3,(H,20,23)(H,21,22). The van der Waals surface area contributed by atoms with E-state index in [0.717, 1.165) is 11.1 Å². The van der Waals surface area contributed by atoms with Crippen molar-refractivity contribution in [3.63, 3.8) is 0 Å². The van der Waals surface area contributed by atoms with Gasteiger partial charge in [0.15, 0.2) is 0 Å². The van der Waals surface area contributed by atoms with Crippen molar-refractivity contribution in [2.75, 3.05) is 0 Å². The van der Waals surface area contributed by atoms with Gasteiger partial charge in [0, 0.05) is 12.1 Å². The van der Waals surface area contributed by atoms with E-state index in [2.05, 4.69) is 15.5 Å². The molecular formula is C18H16FN3O. The quantitative estimate of drug-likeness (QED) is 0.775. The maximum Gasteiger partial charge on any atom is 0.269 e. The zero-order valence-electron chi connectivity index (χ0n) is 12.6. The smallest absolute Gasteiger partial charge is 0.269 e. The summed E-state index contributed by atoms with van der Waals surface area (Å²) in [7, 11) is 0. The number of amides is 1. The summed E-state index contributed by atoms with van der Waals surface area (Å²) >= 11 is 0.